The molecular formula is C9H15N5O2S. The third-order valence-corrected chi connectivity index (χ3v) is 4.40. The maximum absolute atomic E-state index is 11.5. The Morgan fingerprint density at radius 1 is 1.35 bits per heavy atom. The summed E-state index contributed by atoms with van der Waals surface area (Å²) in [7, 11) is -2.94. The van der Waals surface area contributed by atoms with Crippen LogP contribution in [0.15, 0.2) is 6.07 Å². The van der Waals surface area contributed by atoms with Gasteiger partial charge < -0.3 is 16.8 Å². The summed E-state index contributed by atoms with van der Waals surface area (Å²) in [5.41, 5.74) is 11.0. The summed E-state index contributed by atoms with van der Waals surface area (Å²) in [6.07, 6.45) is 1.46. The van der Waals surface area contributed by atoms with E-state index in [-0.39, 0.29) is 29.3 Å². The van der Waals surface area contributed by atoms with E-state index in [1.165, 1.54) is 6.07 Å². The van der Waals surface area contributed by atoms with Crippen molar-refractivity contribution in [2.45, 2.75) is 18.9 Å². The number of anilines is 3. The first-order chi connectivity index (χ1) is 7.94. The smallest absolute Gasteiger partial charge is 0.223 e. The first-order valence-corrected chi connectivity index (χ1v) is 7.14. The number of sulfone groups is 1. The summed E-state index contributed by atoms with van der Waals surface area (Å²) in [6.45, 7) is 0. The fraction of sp³-hybridized carbons (Fsp3) is 0.556. The number of hydrogen-bond acceptors (Lipinski definition) is 7. The van der Waals surface area contributed by atoms with Gasteiger partial charge in [0, 0.05) is 12.1 Å². The van der Waals surface area contributed by atoms with Crippen molar-refractivity contribution in [2.24, 2.45) is 0 Å². The lowest BCUT2D eigenvalue weighted by atomic mass is 10.2. The third kappa shape index (κ3) is 3.19. The van der Waals surface area contributed by atoms with E-state index in [1.54, 1.807) is 0 Å². The molecule has 94 valence electrons. The lowest BCUT2D eigenvalue weighted by Gasteiger charge is -2.23. The predicted octanol–water partition coefficient (Wildman–Crippen LogP) is -0.370. The monoisotopic (exact) mass is 257 g/mol. The molecule has 1 aromatic heterocycles. The first kappa shape index (κ1) is 11.9. The molecule has 17 heavy (non-hydrogen) atoms. The first-order valence-electron chi connectivity index (χ1n) is 5.31. The van der Waals surface area contributed by atoms with Crippen molar-refractivity contribution in [2.75, 3.05) is 28.3 Å². The molecule has 7 nitrogen and oxygen atoms in total. The van der Waals surface area contributed by atoms with Crippen molar-refractivity contribution >= 4 is 27.4 Å². The van der Waals surface area contributed by atoms with Crippen LogP contribution in [0.5, 0.6) is 0 Å². The zero-order chi connectivity index (χ0) is 12.5. The zero-order valence-corrected chi connectivity index (χ0v) is 10.1. The topological polar surface area (TPSA) is 124 Å². The minimum atomic E-state index is -2.94. The number of nitrogens with two attached hydrogens (primary N) is 2. The highest BCUT2D eigenvalue weighted by molar-refractivity contribution is 7.91. The molecule has 1 fully saturated rings. The van der Waals surface area contributed by atoms with Gasteiger partial charge in [-0.3, -0.25) is 0 Å². The van der Waals surface area contributed by atoms with E-state index in [9.17, 15) is 8.42 Å². The van der Waals surface area contributed by atoms with E-state index in [1.807, 2.05) is 0 Å². The van der Waals surface area contributed by atoms with E-state index >= 15 is 0 Å². The van der Waals surface area contributed by atoms with Crippen LogP contribution >= 0.6 is 0 Å². The maximum Gasteiger partial charge on any atom is 0.223 e. The molecule has 5 N–H and O–H groups in total. The van der Waals surface area contributed by atoms with Crippen LogP contribution in [0, 0.1) is 0 Å². The average molecular weight is 257 g/mol. The van der Waals surface area contributed by atoms with E-state index in [4.69, 9.17) is 11.5 Å². The van der Waals surface area contributed by atoms with Gasteiger partial charge in [0.15, 0.2) is 9.84 Å². The van der Waals surface area contributed by atoms with Gasteiger partial charge in [0.1, 0.15) is 11.6 Å². The van der Waals surface area contributed by atoms with Gasteiger partial charge in [0.05, 0.1) is 11.5 Å². The largest absolute Gasteiger partial charge is 0.383 e. The quantitative estimate of drug-likeness (QED) is 0.660. The summed E-state index contributed by atoms with van der Waals surface area (Å²) >= 11 is 0. The van der Waals surface area contributed by atoms with Gasteiger partial charge in [-0.15, -0.1) is 0 Å². The van der Waals surface area contributed by atoms with Crippen LogP contribution in [0.25, 0.3) is 0 Å². The molecule has 0 bridgehead atoms. The summed E-state index contributed by atoms with van der Waals surface area (Å²) < 4.78 is 22.9. The molecule has 1 aliphatic rings. The molecule has 1 saturated heterocycles. The predicted molar refractivity (Wildman–Crippen MR) is 66.2 cm³/mol. The van der Waals surface area contributed by atoms with Gasteiger partial charge in [-0.2, -0.15) is 9.97 Å². The van der Waals surface area contributed by atoms with Crippen molar-refractivity contribution < 1.29 is 8.42 Å². The molecule has 0 radical (unpaired) electrons. The lowest BCUT2D eigenvalue weighted by molar-refractivity contribution is 0.561. The average Bonchev–Trinajstić information content (AvgIpc) is 2.13. The molecule has 0 spiro atoms. The molecule has 2 heterocycles. The van der Waals surface area contributed by atoms with Crippen molar-refractivity contribution in [1.29, 1.82) is 0 Å². The molecular weight excluding hydrogens is 242 g/mol. The Balaban J connectivity index is 2.10. The van der Waals surface area contributed by atoms with Gasteiger partial charge in [-0.05, 0) is 12.8 Å². The van der Waals surface area contributed by atoms with Crippen LogP contribution in [-0.2, 0) is 9.84 Å². The highest BCUT2D eigenvalue weighted by Crippen LogP contribution is 2.17. The number of hydrogen-bond donors (Lipinski definition) is 3. The van der Waals surface area contributed by atoms with Gasteiger partial charge in [0.25, 0.3) is 0 Å². The molecule has 1 unspecified atom stereocenters. The SMILES string of the molecule is Nc1cc(NC2CCCS(=O)(=O)C2)nc(N)n1. The molecule has 0 amide bonds. The molecule has 1 atom stereocenters. The second-order valence-corrected chi connectivity index (χ2v) is 6.36. The van der Waals surface area contributed by atoms with Crippen LogP contribution in [0.1, 0.15) is 12.8 Å². The Morgan fingerprint density at radius 2 is 2.12 bits per heavy atom. The Hall–Kier alpha value is -1.57. The van der Waals surface area contributed by atoms with Gasteiger partial charge in [-0.25, -0.2) is 8.42 Å². The molecule has 0 saturated carbocycles. The van der Waals surface area contributed by atoms with Crippen molar-refractivity contribution in [3.8, 4) is 0 Å². The Labute approximate surface area is 99.5 Å². The molecule has 0 aliphatic carbocycles. The van der Waals surface area contributed by atoms with Crippen LogP contribution in [-0.4, -0.2) is 35.9 Å². The van der Waals surface area contributed by atoms with E-state index in [0.29, 0.717) is 12.2 Å². The highest BCUT2D eigenvalue weighted by atomic mass is 32.2. The summed E-state index contributed by atoms with van der Waals surface area (Å²) in [5, 5.41) is 3.03. The van der Waals surface area contributed by atoms with E-state index in [2.05, 4.69) is 15.3 Å². The fourth-order valence-electron chi connectivity index (χ4n) is 1.91. The Bertz CT molecular complexity index is 496. The standard InChI is InChI=1S/C9H15N5O2S/c10-7-4-8(14-9(11)13-7)12-6-2-1-3-17(15,16)5-6/h4,6H,1-3,5H2,(H5,10,11,12,13,14). The Morgan fingerprint density at radius 3 is 2.76 bits per heavy atom. The lowest BCUT2D eigenvalue weighted by Crippen LogP contribution is -2.35. The molecule has 8 heteroatoms. The minimum Gasteiger partial charge on any atom is -0.383 e. The Kier molecular flexibility index (Phi) is 3.05. The van der Waals surface area contributed by atoms with Crippen molar-refractivity contribution in [3.05, 3.63) is 6.07 Å². The fourth-order valence-corrected chi connectivity index (χ4v) is 3.54. The van der Waals surface area contributed by atoms with Crippen LogP contribution in [0.4, 0.5) is 17.6 Å². The number of nitrogens with one attached hydrogen (secondary N) is 1. The number of rotatable bonds is 2. The molecule has 0 aromatic carbocycles. The number of nitrogen functional groups attached to an aromatic ring is 2. The summed E-state index contributed by atoms with van der Waals surface area (Å²) in [6, 6.07) is 1.40. The molecule has 1 aromatic rings. The second kappa shape index (κ2) is 4.36. The van der Waals surface area contributed by atoms with E-state index in [0.717, 1.165) is 6.42 Å². The summed E-state index contributed by atoms with van der Waals surface area (Å²) in [5.74, 6) is 1.19. The van der Waals surface area contributed by atoms with Gasteiger partial charge >= 0.3 is 0 Å². The van der Waals surface area contributed by atoms with Crippen molar-refractivity contribution in [3.63, 3.8) is 0 Å². The third-order valence-electron chi connectivity index (χ3n) is 2.58. The molecule has 2 rings (SSSR count). The minimum absolute atomic E-state index is 0.0752. The van der Waals surface area contributed by atoms with Gasteiger partial charge in [-0.1, -0.05) is 0 Å². The van der Waals surface area contributed by atoms with Crippen molar-refractivity contribution in [1.82, 2.24) is 9.97 Å². The highest BCUT2D eigenvalue weighted by Gasteiger charge is 2.24. The number of aromatic nitrogens is 2. The number of nitrogens with zero attached hydrogens (tertiary/aromatic N) is 2. The van der Waals surface area contributed by atoms with Crippen LogP contribution in [0.2, 0.25) is 0 Å². The summed E-state index contributed by atoms with van der Waals surface area (Å²) in [4.78, 5) is 7.70. The van der Waals surface area contributed by atoms with Crippen LogP contribution in [0.3, 0.4) is 0 Å². The van der Waals surface area contributed by atoms with Crippen LogP contribution < -0.4 is 16.8 Å². The zero-order valence-electron chi connectivity index (χ0n) is 9.26. The van der Waals surface area contributed by atoms with E-state index < -0.39 is 9.84 Å². The normalized spacial score (nSPS) is 23.2. The second-order valence-electron chi connectivity index (χ2n) is 4.13. The van der Waals surface area contributed by atoms with Gasteiger partial charge in [0.2, 0.25) is 5.95 Å². The molecule has 1 aliphatic heterocycles. The maximum atomic E-state index is 11.5.